The molecule has 0 aromatic heterocycles. The average Bonchev–Trinajstić information content (AvgIpc) is 2.14. The largest absolute Gasteiger partial charge is 0.267 e. The van der Waals surface area contributed by atoms with Gasteiger partial charge in [-0.2, -0.15) is 20.5 Å². The first-order valence-electron chi connectivity index (χ1n) is 3.92. The van der Waals surface area contributed by atoms with Gasteiger partial charge in [0.1, 0.15) is 0 Å². The van der Waals surface area contributed by atoms with Crippen LogP contribution in [-0.4, -0.2) is 5.75 Å². The quantitative estimate of drug-likeness (QED) is 0.668. The third kappa shape index (κ3) is 4.68. The van der Waals surface area contributed by atoms with E-state index in [-0.39, 0.29) is 0 Å². The number of thioether (sulfide) groups is 1. The van der Waals surface area contributed by atoms with E-state index in [9.17, 15) is 8.78 Å². The summed E-state index contributed by atoms with van der Waals surface area (Å²) in [4.78, 5) is 0. The standard InChI is InChI=1S/C10H10F2S/c11-10(12)6-7-13-8-9-4-2-1-3-5-9/h1-6H,7-8H2. The van der Waals surface area contributed by atoms with Crippen LogP contribution < -0.4 is 0 Å². The molecular formula is C10H10F2S. The van der Waals surface area contributed by atoms with E-state index in [1.54, 1.807) is 0 Å². The van der Waals surface area contributed by atoms with Crippen LogP contribution in [0.5, 0.6) is 0 Å². The van der Waals surface area contributed by atoms with Gasteiger partial charge in [-0.3, -0.25) is 0 Å². The van der Waals surface area contributed by atoms with Gasteiger partial charge in [0.2, 0.25) is 0 Å². The molecule has 1 aromatic carbocycles. The van der Waals surface area contributed by atoms with Crippen LogP contribution in [0.15, 0.2) is 42.5 Å². The minimum absolute atomic E-state index is 0.372. The summed E-state index contributed by atoms with van der Waals surface area (Å²) in [6.45, 7) is 0. The Bertz CT molecular complexity index is 266. The fourth-order valence-electron chi connectivity index (χ4n) is 0.873. The molecule has 0 saturated carbocycles. The summed E-state index contributed by atoms with van der Waals surface area (Å²) in [5.74, 6) is 1.15. The highest BCUT2D eigenvalue weighted by atomic mass is 32.2. The van der Waals surface area contributed by atoms with Gasteiger partial charge >= 0.3 is 0 Å². The number of hydrogen-bond acceptors (Lipinski definition) is 1. The second kappa shape index (κ2) is 5.75. The average molecular weight is 200 g/mol. The van der Waals surface area contributed by atoms with Gasteiger partial charge in [0, 0.05) is 11.5 Å². The highest BCUT2D eigenvalue weighted by Crippen LogP contribution is 2.12. The van der Waals surface area contributed by atoms with E-state index in [4.69, 9.17) is 0 Å². The Labute approximate surface area is 80.7 Å². The van der Waals surface area contributed by atoms with Gasteiger partial charge in [0.05, 0.1) is 0 Å². The summed E-state index contributed by atoms with van der Waals surface area (Å²) < 4.78 is 23.2. The summed E-state index contributed by atoms with van der Waals surface area (Å²) >= 11 is 1.48. The molecule has 0 nitrogen and oxygen atoms in total. The van der Waals surface area contributed by atoms with Gasteiger partial charge in [-0.05, 0) is 11.6 Å². The van der Waals surface area contributed by atoms with E-state index in [0.29, 0.717) is 5.75 Å². The lowest BCUT2D eigenvalue weighted by Gasteiger charge is -1.97. The van der Waals surface area contributed by atoms with Gasteiger partial charge in [-0.1, -0.05) is 30.3 Å². The van der Waals surface area contributed by atoms with Gasteiger partial charge in [0.25, 0.3) is 6.08 Å². The minimum Gasteiger partial charge on any atom is -0.174 e. The SMILES string of the molecule is FC(F)=CCSCc1ccccc1. The molecule has 0 N–H and O–H groups in total. The van der Waals surface area contributed by atoms with Crippen molar-refractivity contribution in [3.8, 4) is 0 Å². The summed E-state index contributed by atoms with van der Waals surface area (Å²) in [6, 6.07) is 9.81. The Morgan fingerprint density at radius 1 is 1.23 bits per heavy atom. The molecule has 0 saturated heterocycles. The molecular weight excluding hydrogens is 190 g/mol. The van der Waals surface area contributed by atoms with Crippen molar-refractivity contribution in [2.75, 3.05) is 5.75 Å². The first-order valence-corrected chi connectivity index (χ1v) is 5.07. The maximum absolute atomic E-state index is 11.6. The van der Waals surface area contributed by atoms with Crippen molar-refractivity contribution in [3.63, 3.8) is 0 Å². The first kappa shape index (κ1) is 10.3. The van der Waals surface area contributed by atoms with Crippen LogP contribution in [0.25, 0.3) is 0 Å². The van der Waals surface area contributed by atoms with Crippen LogP contribution in [0.1, 0.15) is 5.56 Å². The van der Waals surface area contributed by atoms with Crippen LogP contribution >= 0.6 is 11.8 Å². The third-order valence-corrected chi connectivity index (χ3v) is 2.41. The van der Waals surface area contributed by atoms with Crippen molar-refractivity contribution >= 4 is 11.8 Å². The topological polar surface area (TPSA) is 0 Å². The molecule has 0 bridgehead atoms. The van der Waals surface area contributed by atoms with Gasteiger partial charge < -0.3 is 0 Å². The van der Waals surface area contributed by atoms with Crippen molar-refractivity contribution < 1.29 is 8.78 Å². The number of halogens is 2. The Kier molecular flexibility index (Phi) is 4.54. The van der Waals surface area contributed by atoms with Crippen molar-refractivity contribution in [3.05, 3.63) is 48.1 Å². The maximum Gasteiger partial charge on any atom is 0.267 e. The van der Waals surface area contributed by atoms with Crippen LogP contribution in [0.2, 0.25) is 0 Å². The smallest absolute Gasteiger partial charge is 0.174 e. The molecule has 0 aliphatic rings. The molecule has 0 radical (unpaired) electrons. The molecule has 0 aliphatic carbocycles. The van der Waals surface area contributed by atoms with E-state index in [0.717, 1.165) is 11.8 Å². The first-order chi connectivity index (χ1) is 6.29. The van der Waals surface area contributed by atoms with Crippen LogP contribution in [0, 0.1) is 0 Å². The molecule has 0 fully saturated rings. The predicted octanol–water partition coefficient (Wildman–Crippen LogP) is 3.70. The second-order valence-electron chi connectivity index (χ2n) is 2.49. The summed E-state index contributed by atoms with van der Waals surface area (Å²) in [7, 11) is 0. The Morgan fingerprint density at radius 2 is 1.92 bits per heavy atom. The molecule has 0 unspecified atom stereocenters. The third-order valence-electron chi connectivity index (χ3n) is 1.47. The summed E-state index contributed by atoms with van der Waals surface area (Å²) in [6.07, 6.45) is -0.659. The van der Waals surface area contributed by atoms with Crippen molar-refractivity contribution in [1.29, 1.82) is 0 Å². The lowest BCUT2D eigenvalue weighted by molar-refractivity contribution is 0.420. The van der Waals surface area contributed by atoms with E-state index >= 15 is 0 Å². The number of hydrogen-bond donors (Lipinski definition) is 0. The molecule has 13 heavy (non-hydrogen) atoms. The summed E-state index contributed by atoms with van der Waals surface area (Å²) in [5.41, 5.74) is 1.17. The zero-order valence-corrected chi connectivity index (χ0v) is 7.86. The zero-order chi connectivity index (χ0) is 9.52. The van der Waals surface area contributed by atoms with E-state index in [1.807, 2.05) is 30.3 Å². The van der Waals surface area contributed by atoms with Crippen LogP contribution in [0.3, 0.4) is 0 Å². The molecule has 0 spiro atoms. The fourth-order valence-corrected chi connectivity index (χ4v) is 1.66. The fraction of sp³-hybridized carbons (Fsp3) is 0.200. The Morgan fingerprint density at radius 3 is 2.54 bits per heavy atom. The van der Waals surface area contributed by atoms with Gasteiger partial charge in [-0.15, -0.1) is 0 Å². The minimum atomic E-state index is -1.60. The van der Waals surface area contributed by atoms with E-state index in [1.165, 1.54) is 17.3 Å². The molecule has 1 aromatic rings. The molecule has 3 heteroatoms. The highest BCUT2D eigenvalue weighted by molar-refractivity contribution is 7.98. The number of rotatable bonds is 4. The lowest BCUT2D eigenvalue weighted by Crippen LogP contribution is -1.79. The summed E-state index contributed by atoms with van der Waals surface area (Å²) in [5, 5.41) is 0. The van der Waals surface area contributed by atoms with Crippen molar-refractivity contribution in [2.24, 2.45) is 0 Å². The molecule has 0 aliphatic heterocycles. The Hall–Kier alpha value is -0.830. The van der Waals surface area contributed by atoms with E-state index < -0.39 is 6.08 Å². The highest BCUT2D eigenvalue weighted by Gasteiger charge is 1.91. The van der Waals surface area contributed by atoms with Gasteiger partial charge in [-0.25, -0.2) is 0 Å². The zero-order valence-electron chi connectivity index (χ0n) is 7.04. The van der Waals surface area contributed by atoms with E-state index in [2.05, 4.69) is 0 Å². The molecule has 0 heterocycles. The number of benzene rings is 1. The monoisotopic (exact) mass is 200 g/mol. The normalized spacial score (nSPS) is 9.69. The lowest BCUT2D eigenvalue weighted by atomic mass is 10.2. The maximum atomic E-state index is 11.6. The van der Waals surface area contributed by atoms with Crippen LogP contribution in [0.4, 0.5) is 8.78 Å². The predicted molar refractivity (Wildman–Crippen MR) is 52.9 cm³/mol. The molecule has 70 valence electrons. The van der Waals surface area contributed by atoms with Crippen molar-refractivity contribution in [2.45, 2.75) is 5.75 Å². The molecule has 0 atom stereocenters. The van der Waals surface area contributed by atoms with Crippen LogP contribution in [-0.2, 0) is 5.75 Å². The van der Waals surface area contributed by atoms with Crippen molar-refractivity contribution in [1.82, 2.24) is 0 Å². The Balaban J connectivity index is 2.25. The molecule has 0 amide bonds. The van der Waals surface area contributed by atoms with Gasteiger partial charge in [0.15, 0.2) is 0 Å². The molecule has 1 rings (SSSR count). The second-order valence-corrected chi connectivity index (χ2v) is 3.52.